The van der Waals surface area contributed by atoms with Crippen LogP contribution in [0.1, 0.15) is 5.56 Å². The van der Waals surface area contributed by atoms with Crippen molar-refractivity contribution in [2.45, 2.75) is 6.42 Å². The first kappa shape index (κ1) is 13.8. The highest BCUT2D eigenvalue weighted by Crippen LogP contribution is 2.27. The van der Waals surface area contributed by atoms with Crippen molar-refractivity contribution in [2.24, 2.45) is 0 Å². The molecule has 0 saturated carbocycles. The highest BCUT2D eigenvalue weighted by molar-refractivity contribution is 9.11. The molecule has 0 aliphatic rings. The molecule has 0 radical (unpaired) electrons. The smallest absolute Gasteiger partial charge is 0.230 e. The monoisotopic (exact) mass is 342 g/mol. The number of aromatic nitrogens is 1. The zero-order valence-corrected chi connectivity index (χ0v) is 12.4. The molecule has 1 aromatic heterocycles. The lowest BCUT2D eigenvalue weighted by Crippen LogP contribution is -2.14. The lowest BCUT2D eigenvalue weighted by molar-refractivity contribution is -0.115. The fraction of sp³-hybridized carbons (Fsp3) is 0.167. The van der Waals surface area contributed by atoms with Crippen molar-refractivity contribution >= 4 is 38.3 Å². The molecule has 0 spiro atoms. The van der Waals surface area contributed by atoms with Crippen LogP contribution in [0.15, 0.2) is 28.2 Å². The van der Waals surface area contributed by atoms with Crippen molar-refractivity contribution in [1.82, 2.24) is 4.98 Å². The van der Waals surface area contributed by atoms with Crippen LogP contribution < -0.4 is 10.1 Å². The molecule has 0 fully saturated rings. The second-order valence-electron chi connectivity index (χ2n) is 3.70. The van der Waals surface area contributed by atoms with Crippen LogP contribution in [0.4, 0.5) is 5.13 Å². The number of phenolic OH excluding ortho intramolecular Hbond substituents is 1. The number of carbonyl (C=O) groups is 1. The Kier molecular flexibility index (Phi) is 4.39. The van der Waals surface area contributed by atoms with Gasteiger partial charge in [-0.25, -0.2) is 4.98 Å². The van der Waals surface area contributed by atoms with Gasteiger partial charge in [-0.2, -0.15) is 0 Å². The number of carbonyl (C=O) groups excluding carboxylic acids is 1. The number of hydrogen-bond donors (Lipinski definition) is 2. The first-order chi connectivity index (χ1) is 9.08. The van der Waals surface area contributed by atoms with Gasteiger partial charge in [0.15, 0.2) is 16.6 Å². The summed E-state index contributed by atoms with van der Waals surface area (Å²) in [5.74, 6) is 0.229. The highest BCUT2D eigenvalue weighted by atomic mass is 79.9. The molecule has 1 amide bonds. The summed E-state index contributed by atoms with van der Waals surface area (Å²) in [6.07, 6.45) is 1.82. The number of hydrogen-bond acceptors (Lipinski definition) is 5. The lowest BCUT2D eigenvalue weighted by atomic mass is 10.1. The number of nitrogens with one attached hydrogen (secondary N) is 1. The van der Waals surface area contributed by atoms with E-state index in [2.05, 4.69) is 26.2 Å². The average molecular weight is 343 g/mol. The van der Waals surface area contributed by atoms with Crippen molar-refractivity contribution in [2.75, 3.05) is 12.4 Å². The van der Waals surface area contributed by atoms with E-state index in [1.54, 1.807) is 18.3 Å². The third kappa shape index (κ3) is 3.68. The first-order valence-corrected chi connectivity index (χ1v) is 6.96. The summed E-state index contributed by atoms with van der Waals surface area (Å²) in [6.45, 7) is 0. The van der Waals surface area contributed by atoms with Gasteiger partial charge in [-0.15, -0.1) is 0 Å². The maximum atomic E-state index is 11.8. The molecule has 0 saturated heterocycles. The Morgan fingerprint density at radius 3 is 3.00 bits per heavy atom. The maximum absolute atomic E-state index is 11.8. The molecule has 1 heterocycles. The second-order valence-corrected chi connectivity index (χ2v) is 6.11. The van der Waals surface area contributed by atoms with Crippen molar-refractivity contribution in [1.29, 1.82) is 0 Å². The molecular formula is C12H11BrN2O3S. The average Bonchev–Trinajstić information content (AvgIpc) is 2.77. The van der Waals surface area contributed by atoms with E-state index in [-0.39, 0.29) is 18.1 Å². The highest BCUT2D eigenvalue weighted by Gasteiger charge is 2.09. The fourth-order valence-corrected chi connectivity index (χ4v) is 2.62. The molecule has 0 aliphatic heterocycles. The molecular weight excluding hydrogens is 332 g/mol. The molecule has 0 unspecified atom stereocenters. The van der Waals surface area contributed by atoms with Crippen LogP contribution in [0.25, 0.3) is 0 Å². The van der Waals surface area contributed by atoms with Crippen LogP contribution in [0.2, 0.25) is 0 Å². The van der Waals surface area contributed by atoms with Gasteiger partial charge in [0.05, 0.1) is 23.5 Å². The second kappa shape index (κ2) is 6.03. The maximum Gasteiger partial charge on any atom is 0.230 e. The number of thiazole rings is 1. The van der Waals surface area contributed by atoms with E-state index in [0.717, 1.165) is 9.35 Å². The van der Waals surface area contributed by atoms with Gasteiger partial charge in [-0.05, 0) is 33.6 Å². The Labute approximate surface area is 122 Å². The third-order valence-electron chi connectivity index (χ3n) is 2.33. The van der Waals surface area contributed by atoms with Crippen molar-refractivity contribution < 1.29 is 14.6 Å². The summed E-state index contributed by atoms with van der Waals surface area (Å²) >= 11 is 4.62. The van der Waals surface area contributed by atoms with Gasteiger partial charge in [0.1, 0.15) is 0 Å². The topological polar surface area (TPSA) is 71.5 Å². The number of benzene rings is 1. The van der Waals surface area contributed by atoms with Crippen molar-refractivity contribution in [3.8, 4) is 11.5 Å². The van der Waals surface area contributed by atoms with Crippen LogP contribution >= 0.6 is 27.3 Å². The molecule has 0 atom stereocenters. The summed E-state index contributed by atoms with van der Waals surface area (Å²) in [7, 11) is 1.46. The number of methoxy groups -OCH3 is 1. The Bertz CT molecular complexity index is 600. The number of halogens is 1. The fourth-order valence-electron chi connectivity index (χ4n) is 1.49. The van der Waals surface area contributed by atoms with Gasteiger partial charge in [0.2, 0.25) is 5.91 Å². The molecule has 100 valence electrons. The Morgan fingerprint density at radius 2 is 2.37 bits per heavy atom. The number of anilines is 1. The number of phenols is 1. The number of amides is 1. The Balaban J connectivity index is 2.02. The van der Waals surface area contributed by atoms with E-state index in [4.69, 9.17) is 4.74 Å². The van der Waals surface area contributed by atoms with E-state index in [1.807, 2.05) is 0 Å². The molecule has 0 aliphatic carbocycles. The molecule has 19 heavy (non-hydrogen) atoms. The predicted octanol–water partition coefficient (Wildman–Crippen LogP) is 2.80. The molecule has 2 rings (SSSR count). The van der Waals surface area contributed by atoms with Gasteiger partial charge in [-0.1, -0.05) is 17.4 Å². The molecule has 0 bridgehead atoms. The lowest BCUT2D eigenvalue weighted by Gasteiger charge is -2.06. The summed E-state index contributed by atoms with van der Waals surface area (Å²) < 4.78 is 5.85. The van der Waals surface area contributed by atoms with Crippen LogP contribution in [-0.2, 0) is 11.2 Å². The van der Waals surface area contributed by atoms with E-state index in [0.29, 0.717) is 10.9 Å². The quantitative estimate of drug-likeness (QED) is 0.896. The van der Waals surface area contributed by atoms with Gasteiger partial charge in [0.25, 0.3) is 0 Å². The SMILES string of the molecule is COc1cc(CC(=O)Nc2ncc(Br)s2)ccc1O. The van der Waals surface area contributed by atoms with Crippen LogP contribution in [0.3, 0.4) is 0 Å². The Morgan fingerprint density at radius 1 is 1.58 bits per heavy atom. The summed E-state index contributed by atoms with van der Waals surface area (Å²) in [5, 5.41) is 12.7. The first-order valence-electron chi connectivity index (χ1n) is 5.35. The van der Waals surface area contributed by atoms with Gasteiger partial charge < -0.3 is 15.2 Å². The molecule has 2 aromatic rings. The van der Waals surface area contributed by atoms with Gasteiger partial charge in [0, 0.05) is 0 Å². The summed E-state index contributed by atoms with van der Waals surface area (Å²) in [6, 6.07) is 4.81. The van der Waals surface area contributed by atoms with Crippen molar-refractivity contribution in [3.05, 3.63) is 33.7 Å². The van der Waals surface area contributed by atoms with E-state index in [1.165, 1.54) is 24.5 Å². The van der Waals surface area contributed by atoms with Crippen LogP contribution in [0.5, 0.6) is 11.5 Å². The molecule has 7 heteroatoms. The molecule has 5 nitrogen and oxygen atoms in total. The predicted molar refractivity (Wildman–Crippen MR) is 76.8 cm³/mol. The Hall–Kier alpha value is -1.60. The minimum atomic E-state index is -0.172. The van der Waals surface area contributed by atoms with Crippen LogP contribution in [0, 0.1) is 0 Å². The zero-order valence-electron chi connectivity index (χ0n) is 10.0. The summed E-state index contributed by atoms with van der Waals surface area (Å²) in [4.78, 5) is 15.8. The van der Waals surface area contributed by atoms with Gasteiger partial charge in [-0.3, -0.25) is 4.79 Å². The zero-order chi connectivity index (χ0) is 13.8. The minimum Gasteiger partial charge on any atom is -0.504 e. The van der Waals surface area contributed by atoms with Gasteiger partial charge >= 0.3 is 0 Å². The number of ether oxygens (including phenoxy) is 1. The molecule has 1 aromatic carbocycles. The van der Waals surface area contributed by atoms with E-state index < -0.39 is 0 Å². The van der Waals surface area contributed by atoms with E-state index >= 15 is 0 Å². The van der Waals surface area contributed by atoms with E-state index in [9.17, 15) is 9.90 Å². The van der Waals surface area contributed by atoms with Crippen LogP contribution in [-0.4, -0.2) is 23.1 Å². The number of aromatic hydroxyl groups is 1. The third-order valence-corrected chi connectivity index (χ3v) is 3.72. The molecule has 2 N–H and O–H groups in total. The largest absolute Gasteiger partial charge is 0.504 e. The normalized spacial score (nSPS) is 10.2. The van der Waals surface area contributed by atoms with Crippen molar-refractivity contribution in [3.63, 3.8) is 0 Å². The summed E-state index contributed by atoms with van der Waals surface area (Å²) in [5.41, 5.74) is 0.753. The number of nitrogens with zero attached hydrogens (tertiary/aromatic N) is 1. The standard InChI is InChI=1S/C12H11BrN2O3S/c1-18-9-4-7(2-3-8(9)16)5-11(17)15-12-14-6-10(13)19-12/h2-4,6,16H,5H2,1H3,(H,14,15,17). The minimum absolute atomic E-state index is 0.0514. The number of rotatable bonds is 4.